The normalized spacial score (nSPS) is 24.4. The van der Waals surface area contributed by atoms with Crippen molar-refractivity contribution < 1.29 is 9.18 Å². The minimum absolute atomic E-state index is 0.230. The summed E-state index contributed by atoms with van der Waals surface area (Å²) < 4.78 is 13.3. The van der Waals surface area contributed by atoms with Gasteiger partial charge in [-0.15, -0.1) is 11.3 Å². The van der Waals surface area contributed by atoms with E-state index < -0.39 is 0 Å². The number of carbonyl (C=O) groups excluding carboxylic acids is 1. The van der Waals surface area contributed by atoms with Crippen molar-refractivity contribution in [1.29, 1.82) is 0 Å². The van der Waals surface area contributed by atoms with Crippen molar-refractivity contribution in [2.45, 2.75) is 25.9 Å². The van der Waals surface area contributed by atoms with E-state index in [-0.39, 0.29) is 17.1 Å². The first-order valence-corrected chi connectivity index (χ1v) is 9.17. The van der Waals surface area contributed by atoms with Gasteiger partial charge >= 0.3 is 0 Å². The SMILES string of the molecule is O=C1N(Cc2cccc(F)c2)CCC12CCN(Cc1nccs1)C2. The lowest BCUT2D eigenvalue weighted by Crippen LogP contribution is -2.36. The average Bonchev–Trinajstić information content (AvgIpc) is 3.27. The third kappa shape index (κ3) is 2.96. The number of benzene rings is 1. The Labute approximate surface area is 144 Å². The lowest BCUT2D eigenvalue weighted by atomic mass is 9.85. The average molecular weight is 345 g/mol. The van der Waals surface area contributed by atoms with E-state index in [0.717, 1.165) is 49.6 Å². The van der Waals surface area contributed by atoms with Crippen LogP contribution in [0.2, 0.25) is 0 Å². The van der Waals surface area contributed by atoms with E-state index in [2.05, 4.69) is 9.88 Å². The Morgan fingerprint density at radius 2 is 2.12 bits per heavy atom. The van der Waals surface area contributed by atoms with Gasteiger partial charge in [-0.2, -0.15) is 0 Å². The number of aromatic nitrogens is 1. The molecule has 2 aliphatic heterocycles. The van der Waals surface area contributed by atoms with E-state index in [0.29, 0.717) is 6.54 Å². The van der Waals surface area contributed by atoms with Crippen LogP contribution >= 0.6 is 11.3 Å². The van der Waals surface area contributed by atoms with Crippen molar-refractivity contribution in [2.24, 2.45) is 5.41 Å². The predicted octanol–water partition coefficient (Wildman–Crippen LogP) is 2.91. The highest BCUT2D eigenvalue weighted by molar-refractivity contribution is 7.09. The molecule has 0 bridgehead atoms. The Morgan fingerprint density at radius 1 is 1.25 bits per heavy atom. The third-order valence-electron chi connectivity index (χ3n) is 5.14. The quantitative estimate of drug-likeness (QED) is 0.855. The number of nitrogens with zero attached hydrogens (tertiary/aromatic N) is 3. The van der Waals surface area contributed by atoms with Gasteiger partial charge in [0, 0.05) is 31.2 Å². The molecule has 2 aliphatic rings. The van der Waals surface area contributed by atoms with Crippen LogP contribution in [0.25, 0.3) is 0 Å². The Morgan fingerprint density at radius 3 is 2.92 bits per heavy atom. The fourth-order valence-corrected chi connectivity index (χ4v) is 4.55. The smallest absolute Gasteiger partial charge is 0.230 e. The summed E-state index contributed by atoms with van der Waals surface area (Å²) in [5.74, 6) is -0.0160. The van der Waals surface area contributed by atoms with Gasteiger partial charge < -0.3 is 4.90 Å². The van der Waals surface area contributed by atoms with Crippen molar-refractivity contribution >= 4 is 17.2 Å². The van der Waals surface area contributed by atoms with Gasteiger partial charge in [-0.3, -0.25) is 9.69 Å². The predicted molar refractivity (Wildman–Crippen MR) is 90.9 cm³/mol. The molecule has 0 saturated carbocycles. The molecule has 2 aromatic rings. The Balaban J connectivity index is 1.41. The second-order valence-electron chi connectivity index (χ2n) is 6.77. The molecule has 1 aromatic heterocycles. The topological polar surface area (TPSA) is 36.4 Å². The highest BCUT2D eigenvalue weighted by Crippen LogP contribution is 2.41. The molecule has 6 heteroatoms. The molecule has 3 heterocycles. The highest BCUT2D eigenvalue weighted by Gasteiger charge is 2.50. The maximum atomic E-state index is 13.3. The summed E-state index contributed by atoms with van der Waals surface area (Å²) in [5.41, 5.74) is 0.614. The maximum absolute atomic E-state index is 13.3. The number of amides is 1. The minimum Gasteiger partial charge on any atom is -0.338 e. The van der Waals surface area contributed by atoms with Crippen LogP contribution in [0.4, 0.5) is 4.39 Å². The first-order chi connectivity index (χ1) is 11.6. The molecule has 126 valence electrons. The van der Waals surface area contributed by atoms with E-state index in [9.17, 15) is 9.18 Å². The number of rotatable bonds is 4. The summed E-state index contributed by atoms with van der Waals surface area (Å²) in [6, 6.07) is 6.53. The molecular weight excluding hydrogens is 325 g/mol. The number of hydrogen-bond donors (Lipinski definition) is 0. The molecule has 0 aliphatic carbocycles. The van der Waals surface area contributed by atoms with Crippen LogP contribution in [0.5, 0.6) is 0 Å². The minimum atomic E-state index is -0.246. The zero-order valence-electron chi connectivity index (χ0n) is 13.4. The second-order valence-corrected chi connectivity index (χ2v) is 7.75. The summed E-state index contributed by atoms with van der Waals surface area (Å²) in [5, 5.41) is 3.09. The molecule has 1 atom stereocenters. The van der Waals surface area contributed by atoms with Crippen LogP contribution in [0.1, 0.15) is 23.4 Å². The first-order valence-electron chi connectivity index (χ1n) is 8.29. The molecule has 4 rings (SSSR count). The van der Waals surface area contributed by atoms with Crippen LogP contribution in [-0.2, 0) is 17.9 Å². The Bertz CT molecular complexity index is 736. The van der Waals surface area contributed by atoms with E-state index in [4.69, 9.17) is 0 Å². The summed E-state index contributed by atoms with van der Waals surface area (Å²) in [4.78, 5) is 21.5. The van der Waals surface area contributed by atoms with E-state index >= 15 is 0 Å². The van der Waals surface area contributed by atoms with Gasteiger partial charge in [-0.1, -0.05) is 12.1 Å². The summed E-state index contributed by atoms with van der Waals surface area (Å²) in [6.45, 7) is 3.85. The molecule has 4 nitrogen and oxygen atoms in total. The van der Waals surface area contributed by atoms with Crippen LogP contribution in [0.3, 0.4) is 0 Å². The fourth-order valence-electron chi connectivity index (χ4n) is 3.89. The second kappa shape index (κ2) is 6.26. The standard InChI is InChI=1S/C18H20FN3OS/c19-15-3-1-2-14(10-15)11-22-8-5-18(17(22)23)4-7-21(13-18)12-16-20-6-9-24-16/h1-3,6,9-10H,4-5,7-8,11-13H2. The summed E-state index contributed by atoms with van der Waals surface area (Å²) >= 11 is 1.66. The lowest BCUT2D eigenvalue weighted by molar-refractivity contribution is -0.136. The van der Waals surface area contributed by atoms with Gasteiger partial charge in [-0.25, -0.2) is 9.37 Å². The van der Waals surface area contributed by atoms with E-state index in [1.54, 1.807) is 17.4 Å². The largest absolute Gasteiger partial charge is 0.338 e. The van der Waals surface area contributed by atoms with Gasteiger partial charge in [0.05, 0.1) is 12.0 Å². The van der Waals surface area contributed by atoms with Gasteiger partial charge in [0.15, 0.2) is 0 Å². The lowest BCUT2D eigenvalue weighted by Gasteiger charge is -2.23. The zero-order chi connectivity index (χ0) is 16.6. The number of thiazole rings is 1. The molecule has 2 fully saturated rings. The third-order valence-corrected chi connectivity index (χ3v) is 5.90. The number of carbonyl (C=O) groups is 1. The van der Waals surface area contributed by atoms with Crippen LogP contribution < -0.4 is 0 Å². The molecule has 2 saturated heterocycles. The first kappa shape index (κ1) is 15.7. The van der Waals surface area contributed by atoms with Crippen molar-refractivity contribution in [3.8, 4) is 0 Å². The number of hydrogen-bond acceptors (Lipinski definition) is 4. The highest BCUT2D eigenvalue weighted by atomic mass is 32.1. The van der Waals surface area contributed by atoms with Crippen molar-refractivity contribution in [3.05, 3.63) is 52.2 Å². The molecular formula is C18H20FN3OS. The molecule has 0 radical (unpaired) electrons. The van der Waals surface area contributed by atoms with Gasteiger partial charge in [0.25, 0.3) is 0 Å². The Hall–Kier alpha value is -1.79. The van der Waals surface area contributed by atoms with E-state index in [1.165, 1.54) is 12.1 Å². The molecule has 1 unspecified atom stereocenters. The van der Waals surface area contributed by atoms with Crippen molar-refractivity contribution in [2.75, 3.05) is 19.6 Å². The number of likely N-dealkylation sites (tertiary alicyclic amines) is 2. The molecule has 0 N–H and O–H groups in total. The molecule has 1 aromatic carbocycles. The summed E-state index contributed by atoms with van der Waals surface area (Å²) in [7, 11) is 0. The molecule has 1 amide bonds. The monoisotopic (exact) mass is 345 g/mol. The van der Waals surface area contributed by atoms with Gasteiger partial charge in [-0.05, 0) is 37.1 Å². The maximum Gasteiger partial charge on any atom is 0.230 e. The molecule has 24 heavy (non-hydrogen) atoms. The molecule has 1 spiro atoms. The van der Waals surface area contributed by atoms with E-state index in [1.807, 2.05) is 22.5 Å². The van der Waals surface area contributed by atoms with Crippen LogP contribution in [0.15, 0.2) is 35.8 Å². The fraction of sp³-hybridized carbons (Fsp3) is 0.444. The van der Waals surface area contributed by atoms with Gasteiger partial charge in [0.2, 0.25) is 5.91 Å². The zero-order valence-corrected chi connectivity index (χ0v) is 14.3. The van der Waals surface area contributed by atoms with Crippen LogP contribution in [0, 0.1) is 11.2 Å². The van der Waals surface area contributed by atoms with Crippen molar-refractivity contribution in [3.63, 3.8) is 0 Å². The van der Waals surface area contributed by atoms with Crippen LogP contribution in [-0.4, -0.2) is 40.3 Å². The van der Waals surface area contributed by atoms with Crippen molar-refractivity contribution in [1.82, 2.24) is 14.8 Å². The summed E-state index contributed by atoms with van der Waals surface area (Å²) in [6.07, 6.45) is 3.64. The number of halogens is 1. The van der Waals surface area contributed by atoms with Gasteiger partial charge in [0.1, 0.15) is 10.8 Å². The Kier molecular flexibility index (Phi) is 4.10.